The predicted molar refractivity (Wildman–Crippen MR) is 107 cm³/mol. The standard InChI is InChI=1S/C20H30N2O4S/c1-15(2)7-8-21-9-10-22(19-14-27(23,24)13-18(19)21)12-16-11-17(25-3)5-6-20(16)26-4/h5-7,11,18-19H,8-10,12-14H2,1-4H3/t18-,19+/m1/s1. The third-order valence-electron chi connectivity index (χ3n) is 5.50. The molecular weight excluding hydrogens is 364 g/mol. The van der Waals surface area contributed by atoms with Crippen molar-refractivity contribution in [3.8, 4) is 11.5 Å². The zero-order valence-electron chi connectivity index (χ0n) is 16.6. The molecule has 150 valence electrons. The summed E-state index contributed by atoms with van der Waals surface area (Å²) in [5.74, 6) is 2.07. The van der Waals surface area contributed by atoms with Gasteiger partial charge in [0.25, 0.3) is 0 Å². The zero-order valence-corrected chi connectivity index (χ0v) is 17.5. The molecule has 7 heteroatoms. The monoisotopic (exact) mass is 394 g/mol. The van der Waals surface area contributed by atoms with Crippen LogP contribution in [0.4, 0.5) is 0 Å². The molecule has 3 rings (SSSR count). The lowest BCUT2D eigenvalue weighted by Gasteiger charge is -2.43. The van der Waals surface area contributed by atoms with Crippen LogP contribution in [0.25, 0.3) is 0 Å². The van der Waals surface area contributed by atoms with Crippen LogP contribution in [0.3, 0.4) is 0 Å². The van der Waals surface area contributed by atoms with Gasteiger partial charge in [0.1, 0.15) is 11.5 Å². The summed E-state index contributed by atoms with van der Waals surface area (Å²) in [4.78, 5) is 4.62. The first kappa shape index (κ1) is 20.2. The average Bonchev–Trinajstić information content (AvgIpc) is 2.96. The number of rotatable bonds is 6. The molecule has 0 aromatic heterocycles. The van der Waals surface area contributed by atoms with Crippen LogP contribution in [0.2, 0.25) is 0 Å². The van der Waals surface area contributed by atoms with Gasteiger partial charge in [-0.05, 0) is 32.0 Å². The molecule has 6 nitrogen and oxygen atoms in total. The van der Waals surface area contributed by atoms with Gasteiger partial charge in [0, 0.05) is 43.8 Å². The second kappa shape index (κ2) is 8.20. The van der Waals surface area contributed by atoms with Crippen LogP contribution in [-0.2, 0) is 16.4 Å². The Labute approximate surface area is 162 Å². The van der Waals surface area contributed by atoms with Gasteiger partial charge in [-0.25, -0.2) is 8.42 Å². The summed E-state index contributed by atoms with van der Waals surface area (Å²) in [7, 11) is 0.290. The lowest BCUT2D eigenvalue weighted by molar-refractivity contribution is 0.0473. The Balaban J connectivity index is 1.83. The molecule has 0 aliphatic carbocycles. The summed E-state index contributed by atoms with van der Waals surface area (Å²) in [6.07, 6.45) is 2.18. The van der Waals surface area contributed by atoms with Crippen molar-refractivity contribution in [3.05, 3.63) is 35.4 Å². The number of methoxy groups -OCH3 is 2. The van der Waals surface area contributed by atoms with Crippen LogP contribution in [0.1, 0.15) is 19.4 Å². The van der Waals surface area contributed by atoms with Gasteiger partial charge in [-0.1, -0.05) is 11.6 Å². The van der Waals surface area contributed by atoms with Crippen LogP contribution in [0.5, 0.6) is 11.5 Å². The minimum absolute atomic E-state index is 0.0187. The summed E-state index contributed by atoms with van der Waals surface area (Å²) in [5, 5.41) is 0. The Bertz CT molecular complexity index is 802. The van der Waals surface area contributed by atoms with E-state index in [1.807, 2.05) is 18.2 Å². The van der Waals surface area contributed by atoms with Crippen LogP contribution in [-0.4, -0.2) is 75.7 Å². The van der Waals surface area contributed by atoms with Crippen molar-refractivity contribution >= 4 is 9.84 Å². The molecule has 0 unspecified atom stereocenters. The Morgan fingerprint density at radius 2 is 1.78 bits per heavy atom. The highest BCUT2D eigenvalue weighted by molar-refractivity contribution is 7.91. The minimum atomic E-state index is -3.01. The Hall–Kier alpha value is -1.57. The first-order valence-corrected chi connectivity index (χ1v) is 11.2. The third kappa shape index (κ3) is 4.65. The summed E-state index contributed by atoms with van der Waals surface area (Å²) >= 11 is 0. The van der Waals surface area contributed by atoms with Crippen molar-refractivity contribution in [1.29, 1.82) is 0 Å². The highest BCUT2D eigenvalue weighted by atomic mass is 32.2. The fourth-order valence-electron chi connectivity index (χ4n) is 4.04. The van der Waals surface area contributed by atoms with Gasteiger partial charge >= 0.3 is 0 Å². The molecule has 0 spiro atoms. The van der Waals surface area contributed by atoms with E-state index in [0.717, 1.165) is 36.7 Å². The second-order valence-corrected chi connectivity index (χ2v) is 9.79. The molecule has 1 aromatic rings. The predicted octanol–water partition coefficient (Wildman–Crippen LogP) is 1.95. The molecule has 0 N–H and O–H groups in total. The second-order valence-electron chi connectivity index (χ2n) is 7.64. The number of ether oxygens (including phenoxy) is 2. The van der Waals surface area contributed by atoms with Crippen molar-refractivity contribution < 1.29 is 17.9 Å². The molecule has 2 saturated heterocycles. The van der Waals surface area contributed by atoms with Crippen molar-refractivity contribution in [2.75, 3.05) is 45.4 Å². The summed E-state index contributed by atoms with van der Waals surface area (Å²) in [5.41, 5.74) is 2.29. The summed E-state index contributed by atoms with van der Waals surface area (Å²) in [6, 6.07) is 5.83. The highest BCUT2D eigenvalue weighted by Gasteiger charge is 2.46. The molecule has 1 aromatic carbocycles. The van der Waals surface area contributed by atoms with Gasteiger partial charge in [0.2, 0.25) is 0 Å². The van der Waals surface area contributed by atoms with E-state index in [1.54, 1.807) is 14.2 Å². The van der Waals surface area contributed by atoms with Crippen LogP contribution < -0.4 is 9.47 Å². The topological polar surface area (TPSA) is 59.1 Å². The molecule has 27 heavy (non-hydrogen) atoms. The van der Waals surface area contributed by atoms with E-state index in [-0.39, 0.29) is 23.6 Å². The normalized spacial score (nSPS) is 25.0. The van der Waals surface area contributed by atoms with E-state index in [9.17, 15) is 8.42 Å². The zero-order chi connectivity index (χ0) is 19.6. The Morgan fingerprint density at radius 1 is 1.11 bits per heavy atom. The third-order valence-corrected chi connectivity index (χ3v) is 7.20. The van der Waals surface area contributed by atoms with Gasteiger partial charge in [0.05, 0.1) is 25.7 Å². The largest absolute Gasteiger partial charge is 0.497 e. The quantitative estimate of drug-likeness (QED) is 0.688. The van der Waals surface area contributed by atoms with Gasteiger partial charge in [-0.3, -0.25) is 9.80 Å². The molecule has 0 saturated carbocycles. The van der Waals surface area contributed by atoms with Crippen LogP contribution in [0.15, 0.2) is 29.8 Å². The molecule has 2 fully saturated rings. The van der Waals surface area contributed by atoms with E-state index < -0.39 is 9.84 Å². The first-order valence-electron chi connectivity index (χ1n) is 9.36. The SMILES string of the molecule is COc1ccc(OC)c(CN2CCN(CC=C(C)C)[C@@H]3CS(=O)(=O)C[C@@H]32)c1. The van der Waals surface area contributed by atoms with E-state index in [4.69, 9.17) is 9.47 Å². The smallest absolute Gasteiger partial charge is 0.153 e. The maximum absolute atomic E-state index is 12.4. The first-order chi connectivity index (χ1) is 12.8. The molecule has 2 aliphatic heterocycles. The molecule has 2 atom stereocenters. The van der Waals surface area contributed by atoms with Gasteiger partial charge < -0.3 is 9.47 Å². The van der Waals surface area contributed by atoms with Gasteiger partial charge in [-0.2, -0.15) is 0 Å². The summed E-state index contributed by atoms with van der Waals surface area (Å²) < 4.78 is 35.6. The van der Waals surface area contributed by atoms with Crippen molar-refractivity contribution in [2.45, 2.75) is 32.5 Å². The van der Waals surface area contributed by atoms with Gasteiger partial charge in [0.15, 0.2) is 9.84 Å². The number of nitrogens with zero attached hydrogens (tertiary/aromatic N) is 2. The number of hydrogen-bond donors (Lipinski definition) is 0. The number of benzene rings is 1. The number of hydrogen-bond acceptors (Lipinski definition) is 6. The molecule has 0 amide bonds. The lowest BCUT2D eigenvalue weighted by Crippen LogP contribution is -2.58. The Morgan fingerprint density at radius 3 is 2.41 bits per heavy atom. The summed E-state index contributed by atoms with van der Waals surface area (Å²) in [6.45, 7) is 7.34. The van der Waals surface area contributed by atoms with Crippen molar-refractivity contribution in [3.63, 3.8) is 0 Å². The van der Waals surface area contributed by atoms with Crippen LogP contribution >= 0.6 is 0 Å². The maximum atomic E-state index is 12.4. The number of piperazine rings is 1. The van der Waals surface area contributed by atoms with Crippen molar-refractivity contribution in [2.24, 2.45) is 0 Å². The number of fused-ring (bicyclic) bond motifs is 1. The lowest BCUT2D eigenvalue weighted by atomic mass is 10.0. The van der Waals surface area contributed by atoms with E-state index in [2.05, 4.69) is 29.7 Å². The number of sulfone groups is 1. The molecule has 0 bridgehead atoms. The molecular formula is C20H30N2O4S. The molecule has 2 heterocycles. The van der Waals surface area contributed by atoms with E-state index >= 15 is 0 Å². The number of allylic oxidation sites excluding steroid dienone is 1. The van der Waals surface area contributed by atoms with E-state index in [1.165, 1.54) is 5.57 Å². The van der Waals surface area contributed by atoms with E-state index in [0.29, 0.717) is 6.54 Å². The highest BCUT2D eigenvalue weighted by Crippen LogP contribution is 2.31. The Kier molecular flexibility index (Phi) is 6.13. The van der Waals surface area contributed by atoms with Gasteiger partial charge in [-0.15, -0.1) is 0 Å². The van der Waals surface area contributed by atoms with Crippen molar-refractivity contribution in [1.82, 2.24) is 9.80 Å². The molecule has 2 aliphatic rings. The fraction of sp³-hybridized carbons (Fsp3) is 0.600. The average molecular weight is 395 g/mol. The fourth-order valence-corrected chi connectivity index (χ4v) is 6.09. The minimum Gasteiger partial charge on any atom is -0.497 e. The maximum Gasteiger partial charge on any atom is 0.153 e. The molecule has 0 radical (unpaired) electrons. The van der Waals surface area contributed by atoms with Crippen LogP contribution in [0, 0.1) is 0 Å².